The highest BCUT2D eigenvalue weighted by molar-refractivity contribution is 5.90. The maximum Gasteiger partial charge on any atom is 0.332 e. The molecule has 0 atom stereocenters. The van der Waals surface area contributed by atoms with Gasteiger partial charge in [0.1, 0.15) is 17.7 Å². The molecule has 0 unspecified atom stereocenters. The Bertz CT molecular complexity index is 1130. The Morgan fingerprint density at radius 1 is 1.14 bits per heavy atom. The summed E-state index contributed by atoms with van der Waals surface area (Å²) >= 11 is 0. The number of aromatic nitrogens is 3. The number of rotatable bonds is 6. The molecule has 1 aromatic carbocycles. The number of aryl methyl sites for hydroxylation is 2. The first-order chi connectivity index (χ1) is 13.5. The normalized spacial score (nSPS) is 10.8. The second kappa shape index (κ2) is 8.08. The van der Waals surface area contributed by atoms with Crippen LogP contribution >= 0.6 is 0 Å². The zero-order valence-electron chi connectivity index (χ0n) is 16.1. The second-order valence-corrected chi connectivity index (χ2v) is 6.27. The molecule has 2 aromatic heterocycles. The first-order valence-electron chi connectivity index (χ1n) is 9.06. The van der Waals surface area contributed by atoms with Crippen LogP contribution in [0.4, 0.5) is 5.69 Å². The molecule has 1 N–H and O–H groups in total. The highest BCUT2D eigenvalue weighted by Crippen LogP contribution is 2.19. The Kier molecular flexibility index (Phi) is 5.58. The summed E-state index contributed by atoms with van der Waals surface area (Å²) in [4.78, 5) is 42.1. The van der Waals surface area contributed by atoms with Gasteiger partial charge in [-0.05, 0) is 37.1 Å². The summed E-state index contributed by atoms with van der Waals surface area (Å²) in [6, 6.07) is 8.97. The predicted molar refractivity (Wildman–Crippen MR) is 107 cm³/mol. The van der Waals surface area contributed by atoms with Crippen LogP contribution in [0.1, 0.15) is 19.4 Å². The average Bonchev–Trinajstić information content (AvgIpc) is 2.70. The summed E-state index contributed by atoms with van der Waals surface area (Å²) in [5.41, 5.74) is 0.743. The van der Waals surface area contributed by atoms with Crippen LogP contribution in [0.3, 0.4) is 0 Å². The third kappa shape index (κ3) is 3.66. The van der Waals surface area contributed by atoms with E-state index in [0.29, 0.717) is 18.0 Å². The van der Waals surface area contributed by atoms with Gasteiger partial charge in [-0.15, -0.1) is 0 Å². The lowest BCUT2D eigenvalue weighted by Gasteiger charge is -2.13. The number of ether oxygens (including phenoxy) is 1. The molecule has 0 bridgehead atoms. The maximum absolute atomic E-state index is 12.9. The van der Waals surface area contributed by atoms with Crippen molar-refractivity contribution >= 4 is 22.6 Å². The molecule has 0 spiro atoms. The molecule has 28 heavy (non-hydrogen) atoms. The second-order valence-electron chi connectivity index (χ2n) is 6.27. The Balaban J connectivity index is 1.98. The molecule has 2 heterocycles. The highest BCUT2D eigenvalue weighted by Gasteiger charge is 2.18. The number of carbonyl (C=O) groups is 1. The van der Waals surface area contributed by atoms with E-state index in [9.17, 15) is 14.4 Å². The lowest BCUT2D eigenvalue weighted by molar-refractivity contribution is -0.116. The average molecular weight is 382 g/mol. The van der Waals surface area contributed by atoms with E-state index < -0.39 is 23.7 Å². The van der Waals surface area contributed by atoms with Crippen molar-refractivity contribution < 1.29 is 9.53 Å². The zero-order chi connectivity index (χ0) is 20.3. The molecule has 0 aliphatic rings. The summed E-state index contributed by atoms with van der Waals surface area (Å²) in [7, 11) is 1.50. The third-order valence-electron chi connectivity index (χ3n) is 4.43. The van der Waals surface area contributed by atoms with Crippen molar-refractivity contribution in [3.63, 3.8) is 0 Å². The first kappa shape index (κ1) is 19.3. The van der Waals surface area contributed by atoms with E-state index in [4.69, 9.17) is 4.74 Å². The summed E-state index contributed by atoms with van der Waals surface area (Å²) in [5.74, 6) is -0.137. The summed E-state index contributed by atoms with van der Waals surface area (Å²) in [5, 5.41) is 2.88. The van der Waals surface area contributed by atoms with E-state index in [-0.39, 0.29) is 11.0 Å². The van der Waals surface area contributed by atoms with Crippen molar-refractivity contribution in [2.45, 2.75) is 26.8 Å². The molecular weight excluding hydrogens is 360 g/mol. The fourth-order valence-electron chi connectivity index (χ4n) is 2.97. The number of nitrogens with one attached hydrogen (secondary N) is 1. The molecule has 1 amide bonds. The molecule has 0 aliphatic carbocycles. The minimum Gasteiger partial charge on any atom is -0.493 e. The van der Waals surface area contributed by atoms with Crippen LogP contribution in [0, 0.1) is 0 Å². The largest absolute Gasteiger partial charge is 0.493 e. The van der Waals surface area contributed by atoms with Crippen molar-refractivity contribution in [3.8, 4) is 5.75 Å². The monoisotopic (exact) mass is 382 g/mol. The SMILES string of the molecule is CCOc1ccnc2c1c(=O)n(CC(=O)Nc1ccc(CC)cc1)c(=O)n2C. The molecule has 146 valence electrons. The first-order valence-corrected chi connectivity index (χ1v) is 9.06. The summed E-state index contributed by atoms with van der Waals surface area (Å²) in [6.45, 7) is 3.79. The van der Waals surface area contributed by atoms with Crippen LogP contribution in [-0.2, 0) is 24.8 Å². The predicted octanol–water partition coefficient (Wildman–Crippen LogP) is 1.69. The maximum atomic E-state index is 12.9. The topological polar surface area (TPSA) is 95.2 Å². The Hall–Kier alpha value is -3.42. The fourth-order valence-corrected chi connectivity index (χ4v) is 2.97. The number of benzene rings is 1. The van der Waals surface area contributed by atoms with E-state index in [1.165, 1.54) is 17.8 Å². The van der Waals surface area contributed by atoms with Crippen LogP contribution in [0.25, 0.3) is 11.0 Å². The van der Waals surface area contributed by atoms with Gasteiger partial charge in [-0.3, -0.25) is 14.2 Å². The highest BCUT2D eigenvalue weighted by atomic mass is 16.5. The van der Waals surface area contributed by atoms with Gasteiger partial charge in [0.15, 0.2) is 5.65 Å². The number of fused-ring (bicyclic) bond motifs is 1. The van der Waals surface area contributed by atoms with E-state index in [2.05, 4.69) is 10.3 Å². The fraction of sp³-hybridized carbons (Fsp3) is 0.300. The molecule has 0 radical (unpaired) electrons. The third-order valence-corrected chi connectivity index (χ3v) is 4.43. The molecule has 3 aromatic rings. The van der Waals surface area contributed by atoms with Gasteiger partial charge in [0, 0.05) is 18.9 Å². The number of carbonyl (C=O) groups excluding carboxylic acids is 1. The smallest absolute Gasteiger partial charge is 0.332 e. The van der Waals surface area contributed by atoms with Gasteiger partial charge in [-0.2, -0.15) is 0 Å². The standard InChI is InChI=1S/C20H22N4O4/c1-4-13-6-8-14(9-7-13)22-16(25)12-24-19(26)17-15(28-5-2)10-11-21-18(17)23(3)20(24)27/h6-11H,4-5,12H2,1-3H3,(H,22,25). The summed E-state index contributed by atoms with van der Waals surface area (Å²) < 4.78 is 7.63. The molecule has 0 fully saturated rings. The molecule has 3 rings (SSSR count). The summed E-state index contributed by atoms with van der Waals surface area (Å²) in [6.07, 6.45) is 2.37. The van der Waals surface area contributed by atoms with Gasteiger partial charge in [-0.25, -0.2) is 14.3 Å². The number of hydrogen-bond donors (Lipinski definition) is 1. The van der Waals surface area contributed by atoms with Crippen molar-refractivity contribution in [1.82, 2.24) is 14.1 Å². The zero-order valence-corrected chi connectivity index (χ0v) is 16.1. The lowest BCUT2D eigenvalue weighted by Crippen LogP contribution is -2.42. The van der Waals surface area contributed by atoms with Crippen molar-refractivity contribution in [3.05, 3.63) is 62.9 Å². The number of amides is 1. The van der Waals surface area contributed by atoms with E-state index in [1.807, 2.05) is 19.1 Å². The number of pyridine rings is 1. The van der Waals surface area contributed by atoms with Crippen LogP contribution in [0.2, 0.25) is 0 Å². The molecule has 0 saturated carbocycles. The van der Waals surface area contributed by atoms with Crippen LogP contribution in [0.5, 0.6) is 5.75 Å². The quantitative estimate of drug-likeness (QED) is 0.700. The van der Waals surface area contributed by atoms with E-state index in [1.54, 1.807) is 25.1 Å². The Morgan fingerprint density at radius 3 is 2.50 bits per heavy atom. The minimum absolute atomic E-state index is 0.173. The number of anilines is 1. The van der Waals surface area contributed by atoms with Crippen LogP contribution in [-0.4, -0.2) is 26.6 Å². The van der Waals surface area contributed by atoms with Gasteiger partial charge in [0.25, 0.3) is 5.56 Å². The molecule has 8 nitrogen and oxygen atoms in total. The van der Waals surface area contributed by atoms with Crippen LogP contribution < -0.4 is 21.3 Å². The van der Waals surface area contributed by atoms with Crippen molar-refractivity contribution in [1.29, 1.82) is 0 Å². The molecule has 8 heteroatoms. The molecule has 0 aliphatic heterocycles. The van der Waals surface area contributed by atoms with Crippen molar-refractivity contribution in [2.24, 2.45) is 7.05 Å². The van der Waals surface area contributed by atoms with Gasteiger partial charge < -0.3 is 10.1 Å². The molecular formula is C20H22N4O4. The number of hydrogen-bond acceptors (Lipinski definition) is 5. The van der Waals surface area contributed by atoms with Crippen LogP contribution in [0.15, 0.2) is 46.1 Å². The Morgan fingerprint density at radius 2 is 1.86 bits per heavy atom. The van der Waals surface area contributed by atoms with Gasteiger partial charge in [0.2, 0.25) is 5.91 Å². The van der Waals surface area contributed by atoms with Gasteiger partial charge in [0.05, 0.1) is 6.61 Å². The van der Waals surface area contributed by atoms with E-state index >= 15 is 0 Å². The minimum atomic E-state index is -0.616. The Labute approximate surface area is 161 Å². The number of nitrogens with zero attached hydrogens (tertiary/aromatic N) is 3. The lowest BCUT2D eigenvalue weighted by atomic mass is 10.1. The van der Waals surface area contributed by atoms with Gasteiger partial charge in [-0.1, -0.05) is 19.1 Å². The van der Waals surface area contributed by atoms with Gasteiger partial charge >= 0.3 is 5.69 Å². The van der Waals surface area contributed by atoms with E-state index in [0.717, 1.165) is 16.6 Å². The van der Waals surface area contributed by atoms with Crippen molar-refractivity contribution in [2.75, 3.05) is 11.9 Å². The molecule has 0 saturated heterocycles.